The minimum atomic E-state index is -0.165. The molecule has 4 rings (SSSR count). The predicted octanol–water partition coefficient (Wildman–Crippen LogP) is 3.33. The van der Waals surface area contributed by atoms with Gasteiger partial charge in [-0.15, -0.1) is 0 Å². The molecule has 0 unspecified atom stereocenters. The van der Waals surface area contributed by atoms with Gasteiger partial charge in [0.15, 0.2) is 0 Å². The van der Waals surface area contributed by atoms with Crippen molar-refractivity contribution in [2.45, 2.75) is 32.9 Å². The average molecular weight is 370 g/mol. The molecule has 3 heterocycles. The lowest BCUT2D eigenvalue weighted by molar-refractivity contribution is 0.240. The maximum absolute atomic E-state index is 14.0. The van der Waals surface area contributed by atoms with Gasteiger partial charge >= 0.3 is 0 Å². The summed E-state index contributed by atoms with van der Waals surface area (Å²) in [5.41, 5.74) is 2.79. The second-order valence-corrected chi connectivity index (χ2v) is 6.95. The highest BCUT2D eigenvalue weighted by atomic mass is 32.1. The van der Waals surface area contributed by atoms with E-state index in [1.165, 1.54) is 17.6 Å². The van der Waals surface area contributed by atoms with Crippen LogP contribution < -0.4 is 5.32 Å². The van der Waals surface area contributed by atoms with E-state index in [9.17, 15) is 4.39 Å². The zero-order valence-electron chi connectivity index (χ0n) is 14.4. The molecule has 3 aromatic rings. The summed E-state index contributed by atoms with van der Waals surface area (Å²) in [6.07, 6.45) is 3.20. The molecule has 0 bridgehead atoms. The summed E-state index contributed by atoms with van der Waals surface area (Å²) in [5.74, 6) is 1.41. The van der Waals surface area contributed by atoms with Crippen molar-refractivity contribution in [2.24, 2.45) is 0 Å². The Morgan fingerprint density at radius 2 is 2.15 bits per heavy atom. The molecule has 0 aliphatic carbocycles. The number of fused-ring (bicyclic) bond motifs is 1. The number of halogens is 1. The van der Waals surface area contributed by atoms with Crippen molar-refractivity contribution in [1.82, 2.24) is 24.2 Å². The van der Waals surface area contributed by atoms with E-state index in [4.69, 9.17) is 0 Å². The number of benzene rings is 1. The third-order valence-electron chi connectivity index (χ3n) is 4.44. The lowest BCUT2D eigenvalue weighted by Gasteiger charge is -2.29. The summed E-state index contributed by atoms with van der Waals surface area (Å²) >= 11 is 1.33. The topological polar surface area (TPSA) is 66.8 Å². The number of rotatable bonds is 5. The molecule has 0 saturated carbocycles. The van der Waals surface area contributed by atoms with E-state index in [0.717, 1.165) is 47.4 Å². The van der Waals surface area contributed by atoms with Crippen LogP contribution in [0, 0.1) is 5.82 Å². The van der Waals surface area contributed by atoms with Crippen molar-refractivity contribution in [3.8, 4) is 0 Å². The molecule has 26 heavy (non-hydrogen) atoms. The molecule has 134 valence electrons. The van der Waals surface area contributed by atoms with Crippen LogP contribution in [0.5, 0.6) is 0 Å². The largest absolute Gasteiger partial charge is 0.315 e. The summed E-state index contributed by atoms with van der Waals surface area (Å²) in [7, 11) is 0. The van der Waals surface area contributed by atoms with Crippen LogP contribution in [-0.4, -0.2) is 30.8 Å². The third kappa shape index (κ3) is 3.56. The molecular weight excluding hydrogens is 351 g/mol. The zero-order valence-corrected chi connectivity index (χ0v) is 15.3. The molecule has 0 atom stereocenters. The second-order valence-electron chi connectivity index (χ2n) is 6.19. The molecule has 0 amide bonds. The minimum absolute atomic E-state index is 0.165. The van der Waals surface area contributed by atoms with Gasteiger partial charge < -0.3 is 5.32 Å². The van der Waals surface area contributed by atoms with Crippen LogP contribution in [0.2, 0.25) is 0 Å². The number of hydrogen-bond acceptors (Lipinski definition) is 7. The minimum Gasteiger partial charge on any atom is -0.315 e. The molecule has 1 N–H and O–H groups in total. The van der Waals surface area contributed by atoms with Crippen LogP contribution in [-0.2, 0) is 25.9 Å². The van der Waals surface area contributed by atoms with Crippen LogP contribution >= 0.6 is 11.5 Å². The van der Waals surface area contributed by atoms with Gasteiger partial charge in [-0.3, -0.25) is 4.90 Å². The summed E-state index contributed by atoms with van der Waals surface area (Å²) in [6.45, 7) is 4.11. The van der Waals surface area contributed by atoms with E-state index in [-0.39, 0.29) is 5.82 Å². The van der Waals surface area contributed by atoms with Crippen molar-refractivity contribution in [1.29, 1.82) is 0 Å². The molecule has 0 fully saturated rings. The maximum atomic E-state index is 14.0. The van der Waals surface area contributed by atoms with Gasteiger partial charge in [0.2, 0.25) is 5.13 Å². The standard InChI is InChI=1S/C18H19FN6S/c1-2-16-22-18(26-24-16)23-17-13-10-25(8-7-15(13)20-11-21-17)9-12-5-3-4-6-14(12)19/h3-6,11H,2,7-10H2,1H3,(H,20,21,22,23,24). The van der Waals surface area contributed by atoms with Crippen LogP contribution in [0.1, 0.15) is 29.6 Å². The molecule has 0 saturated heterocycles. The van der Waals surface area contributed by atoms with Gasteiger partial charge in [-0.1, -0.05) is 25.1 Å². The Morgan fingerprint density at radius 3 is 2.96 bits per heavy atom. The number of aromatic nitrogens is 4. The number of anilines is 2. The third-order valence-corrected chi connectivity index (χ3v) is 5.11. The first kappa shape index (κ1) is 17.0. The molecular formula is C18H19FN6S. The fraction of sp³-hybridized carbons (Fsp3) is 0.333. The zero-order chi connectivity index (χ0) is 17.9. The average Bonchev–Trinajstić information content (AvgIpc) is 3.12. The summed E-state index contributed by atoms with van der Waals surface area (Å²) in [4.78, 5) is 15.5. The van der Waals surface area contributed by atoms with Gasteiger partial charge in [0, 0.05) is 55.1 Å². The molecule has 2 aromatic heterocycles. The number of aryl methyl sites for hydroxylation is 1. The van der Waals surface area contributed by atoms with Crippen molar-refractivity contribution in [3.05, 3.63) is 59.1 Å². The van der Waals surface area contributed by atoms with E-state index in [1.807, 2.05) is 19.1 Å². The van der Waals surface area contributed by atoms with E-state index >= 15 is 0 Å². The fourth-order valence-electron chi connectivity index (χ4n) is 3.06. The van der Waals surface area contributed by atoms with Gasteiger partial charge in [0.1, 0.15) is 23.8 Å². The lowest BCUT2D eigenvalue weighted by atomic mass is 10.1. The number of nitrogens with one attached hydrogen (secondary N) is 1. The van der Waals surface area contributed by atoms with E-state index in [0.29, 0.717) is 18.7 Å². The monoisotopic (exact) mass is 370 g/mol. The molecule has 1 aliphatic rings. The summed E-state index contributed by atoms with van der Waals surface area (Å²) < 4.78 is 18.3. The Hall–Kier alpha value is -2.45. The van der Waals surface area contributed by atoms with Gasteiger partial charge in [-0.25, -0.2) is 19.3 Å². The number of nitrogens with zero attached hydrogens (tertiary/aromatic N) is 5. The first-order chi connectivity index (χ1) is 12.7. The Labute approximate surface area is 155 Å². The van der Waals surface area contributed by atoms with E-state index in [2.05, 4.69) is 29.5 Å². The van der Waals surface area contributed by atoms with Crippen molar-refractivity contribution in [3.63, 3.8) is 0 Å². The lowest BCUT2D eigenvalue weighted by Crippen LogP contribution is -2.31. The Balaban J connectivity index is 1.54. The quantitative estimate of drug-likeness (QED) is 0.743. The van der Waals surface area contributed by atoms with E-state index in [1.54, 1.807) is 12.4 Å². The number of hydrogen-bond donors (Lipinski definition) is 1. The van der Waals surface area contributed by atoms with Crippen molar-refractivity contribution in [2.75, 3.05) is 11.9 Å². The van der Waals surface area contributed by atoms with Gasteiger partial charge in [-0.2, -0.15) is 4.37 Å². The van der Waals surface area contributed by atoms with Crippen LogP contribution in [0.3, 0.4) is 0 Å². The van der Waals surface area contributed by atoms with Gasteiger partial charge in [0.05, 0.1) is 5.69 Å². The highest BCUT2D eigenvalue weighted by Gasteiger charge is 2.22. The normalized spacial score (nSPS) is 14.2. The summed E-state index contributed by atoms with van der Waals surface area (Å²) in [6, 6.07) is 6.92. The first-order valence-corrected chi connectivity index (χ1v) is 9.38. The molecule has 6 nitrogen and oxygen atoms in total. The van der Waals surface area contributed by atoms with Crippen molar-refractivity contribution >= 4 is 22.5 Å². The predicted molar refractivity (Wildman–Crippen MR) is 98.8 cm³/mol. The SMILES string of the molecule is CCc1nsc(Nc2ncnc3c2CN(Cc2ccccc2F)CC3)n1. The molecule has 0 spiro atoms. The highest BCUT2D eigenvalue weighted by Crippen LogP contribution is 2.27. The molecule has 0 radical (unpaired) electrons. The molecule has 1 aliphatic heterocycles. The highest BCUT2D eigenvalue weighted by molar-refractivity contribution is 7.09. The second kappa shape index (κ2) is 7.43. The Morgan fingerprint density at radius 1 is 1.27 bits per heavy atom. The van der Waals surface area contributed by atoms with Crippen molar-refractivity contribution < 1.29 is 4.39 Å². The van der Waals surface area contributed by atoms with Gasteiger partial charge in [0.25, 0.3) is 0 Å². The molecule has 1 aromatic carbocycles. The Kier molecular flexibility index (Phi) is 4.85. The fourth-order valence-corrected chi connectivity index (χ4v) is 3.71. The maximum Gasteiger partial charge on any atom is 0.208 e. The van der Waals surface area contributed by atoms with Gasteiger partial charge in [-0.05, 0) is 6.07 Å². The smallest absolute Gasteiger partial charge is 0.208 e. The van der Waals surface area contributed by atoms with E-state index < -0.39 is 0 Å². The van der Waals surface area contributed by atoms with Crippen LogP contribution in [0.4, 0.5) is 15.3 Å². The van der Waals surface area contributed by atoms with Crippen LogP contribution in [0.25, 0.3) is 0 Å². The van der Waals surface area contributed by atoms with Crippen LogP contribution in [0.15, 0.2) is 30.6 Å². The molecule has 8 heteroatoms. The Bertz CT molecular complexity index is 912. The summed E-state index contributed by atoms with van der Waals surface area (Å²) in [5, 5.41) is 4.01. The first-order valence-electron chi connectivity index (χ1n) is 8.61.